The number of rotatable bonds is 3. The van der Waals surface area contributed by atoms with Gasteiger partial charge in [0.1, 0.15) is 5.82 Å². The van der Waals surface area contributed by atoms with Crippen LogP contribution >= 0.6 is 0 Å². The molecule has 46 heavy (non-hydrogen) atoms. The quantitative estimate of drug-likeness (QED) is 0.189. The van der Waals surface area contributed by atoms with E-state index in [-0.39, 0.29) is 0 Å². The lowest BCUT2D eigenvalue weighted by atomic mass is 10.00. The Bertz CT molecular complexity index is 2750. The maximum absolute atomic E-state index is 5.46. The molecule has 0 saturated carbocycles. The smallest absolute Gasteiger partial charge is 0.145 e. The first kappa shape index (κ1) is 25.2. The second kappa shape index (κ2) is 9.65. The van der Waals surface area contributed by atoms with Crippen LogP contribution in [0.2, 0.25) is 0 Å². The predicted octanol–water partition coefficient (Wildman–Crippen LogP) is 11.2. The highest BCUT2D eigenvalue weighted by Crippen LogP contribution is 2.40. The maximum atomic E-state index is 5.46. The van der Waals surface area contributed by atoms with Gasteiger partial charge in [-0.3, -0.25) is 4.57 Å². The van der Waals surface area contributed by atoms with Gasteiger partial charge in [-0.15, -0.1) is 0 Å². The van der Waals surface area contributed by atoms with E-state index in [4.69, 9.17) is 4.98 Å². The highest BCUT2D eigenvalue weighted by molar-refractivity contribution is 6.24. The highest BCUT2D eigenvalue weighted by Gasteiger charge is 2.20. The molecule has 8 aromatic carbocycles. The van der Waals surface area contributed by atoms with Gasteiger partial charge in [0.25, 0.3) is 0 Å². The van der Waals surface area contributed by atoms with E-state index in [0.717, 1.165) is 33.8 Å². The van der Waals surface area contributed by atoms with Gasteiger partial charge in [0, 0.05) is 38.5 Å². The van der Waals surface area contributed by atoms with Crippen LogP contribution in [0.4, 0.5) is 0 Å². The molecule has 0 radical (unpaired) electrons. The highest BCUT2D eigenvalue weighted by atomic mass is 15.1. The number of para-hydroxylation sites is 2. The summed E-state index contributed by atoms with van der Waals surface area (Å²) in [5, 5.41) is 9.77. The summed E-state index contributed by atoms with van der Waals surface area (Å²) < 4.78 is 4.73. The van der Waals surface area contributed by atoms with Crippen LogP contribution in [0.5, 0.6) is 0 Å². The fourth-order valence-corrected chi connectivity index (χ4v) is 7.43. The Balaban J connectivity index is 1.27. The van der Waals surface area contributed by atoms with Gasteiger partial charge in [-0.1, -0.05) is 121 Å². The van der Waals surface area contributed by atoms with Crippen LogP contribution in [0.25, 0.3) is 87.9 Å². The van der Waals surface area contributed by atoms with E-state index in [1.807, 2.05) is 0 Å². The fourth-order valence-electron chi connectivity index (χ4n) is 7.43. The Morgan fingerprint density at radius 2 is 0.870 bits per heavy atom. The summed E-state index contributed by atoms with van der Waals surface area (Å²) in [6, 6.07) is 58.9. The molecule has 2 aromatic heterocycles. The van der Waals surface area contributed by atoms with Gasteiger partial charge in [0.05, 0.1) is 22.1 Å². The summed E-state index contributed by atoms with van der Waals surface area (Å²) in [4.78, 5) is 5.46. The van der Waals surface area contributed by atoms with Crippen LogP contribution in [-0.4, -0.2) is 14.1 Å². The third-order valence-corrected chi connectivity index (χ3v) is 9.49. The minimum absolute atomic E-state index is 0.937. The Labute approximate surface area is 265 Å². The van der Waals surface area contributed by atoms with Crippen LogP contribution in [0.1, 0.15) is 0 Å². The Hall–Kier alpha value is -6.19. The van der Waals surface area contributed by atoms with Gasteiger partial charge in [-0.2, -0.15) is 0 Å². The summed E-state index contributed by atoms with van der Waals surface area (Å²) in [5.41, 5.74) is 7.86. The molecule has 0 bridgehead atoms. The Morgan fingerprint density at radius 1 is 0.370 bits per heavy atom. The van der Waals surface area contributed by atoms with Crippen molar-refractivity contribution in [1.82, 2.24) is 14.1 Å². The molecule has 0 unspecified atom stereocenters. The van der Waals surface area contributed by atoms with E-state index in [9.17, 15) is 0 Å². The molecular weight excluding hydrogens is 558 g/mol. The molecule has 10 rings (SSSR count). The normalized spacial score (nSPS) is 11.9. The molecule has 10 aromatic rings. The summed E-state index contributed by atoms with van der Waals surface area (Å²) in [5.74, 6) is 0.937. The second-order valence-corrected chi connectivity index (χ2v) is 12.0. The summed E-state index contributed by atoms with van der Waals surface area (Å²) in [6.45, 7) is 0. The maximum Gasteiger partial charge on any atom is 0.145 e. The molecule has 0 aliphatic heterocycles. The van der Waals surface area contributed by atoms with Crippen LogP contribution in [-0.2, 0) is 0 Å². The van der Waals surface area contributed by atoms with Crippen molar-refractivity contribution in [3.8, 4) is 22.8 Å². The van der Waals surface area contributed by atoms with Gasteiger partial charge < -0.3 is 4.57 Å². The number of fused-ring (bicyclic) bond motifs is 10. The first-order valence-corrected chi connectivity index (χ1v) is 15.7. The molecule has 2 heterocycles. The number of nitrogens with zero attached hydrogens (tertiary/aromatic N) is 3. The van der Waals surface area contributed by atoms with Crippen molar-refractivity contribution in [1.29, 1.82) is 0 Å². The lowest BCUT2D eigenvalue weighted by Gasteiger charge is -2.14. The third kappa shape index (κ3) is 3.57. The largest absolute Gasteiger partial charge is 0.309 e. The average molecular weight is 586 g/mol. The predicted molar refractivity (Wildman–Crippen MR) is 193 cm³/mol. The number of hydrogen-bond acceptors (Lipinski definition) is 1. The number of aromatic nitrogens is 3. The molecule has 0 saturated heterocycles. The molecule has 0 atom stereocenters. The van der Waals surface area contributed by atoms with E-state index in [1.54, 1.807) is 0 Å². The number of hydrogen-bond donors (Lipinski definition) is 0. The van der Waals surface area contributed by atoms with Crippen molar-refractivity contribution in [2.24, 2.45) is 0 Å². The van der Waals surface area contributed by atoms with Crippen molar-refractivity contribution in [2.75, 3.05) is 0 Å². The molecule has 0 spiro atoms. The average Bonchev–Trinajstić information content (AvgIpc) is 3.69. The molecule has 3 nitrogen and oxygen atoms in total. The van der Waals surface area contributed by atoms with E-state index < -0.39 is 0 Å². The Kier molecular flexibility index (Phi) is 5.28. The van der Waals surface area contributed by atoms with Crippen molar-refractivity contribution >= 4 is 65.2 Å². The molecule has 3 heteroatoms. The summed E-state index contributed by atoms with van der Waals surface area (Å²) in [6.07, 6.45) is 0. The molecule has 0 amide bonds. The lowest BCUT2D eigenvalue weighted by Crippen LogP contribution is -2.00. The van der Waals surface area contributed by atoms with Crippen LogP contribution < -0.4 is 0 Å². The topological polar surface area (TPSA) is 22.8 Å². The molecule has 0 N–H and O–H groups in total. The molecular formula is C43H27N3. The minimum atomic E-state index is 0.937. The van der Waals surface area contributed by atoms with Crippen molar-refractivity contribution in [2.45, 2.75) is 0 Å². The number of benzene rings is 8. The summed E-state index contributed by atoms with van der Waals surface area (Å²) >= 11 is 0. The van der Waals surface area contributed by atoms with Gasteiger partial charge in [-0.05, 0) is 64.0 Å². The molecule has 0 fully saturated rings. The number of imidazole rings is 1. The van der Waals surface area contributed by atoms with Gasteiger partial charge >= 0.3 is 0 Å². The zero-order valence-corrected chi connectivity index (χ0v) is 24.9. The first-order chi connectivity index (χ1) is 22.8. The fraction of sp³-hybridized carbons (Fsp3) is 0. The van der Waals surface area contributed by atoms with Crippen molar-refractivity contribution < 1.29 is 0 Å². The standard InChI is InChI=1S/C43H27N3/c1-2-12-29-27-30(22-21-28(29)11-1)43-44-41-37-17-5-3-13-33(37)34-14-4-6-18-38(34)42(41)46(43)32-25-23-31(24-26-32)45-39-19-9-7-15-35(39)36-16-8-10-20-40(36)45/h1-27H. The SMILES string of the molecule is c1ccc2cc(-c3nc4c5ccccc5c5ccccc5c4n3-c3ccc(-n4c5ccccc5c5ccccc54)cc3)ccc2c1. The van der Waals surface area contributed by atoms with Crippen LogP contribution in [0, 0.1) is 0 Å². The van der Waals surface area contributed by atoms with Gasteiger partial charge in [0.2, 0.25) is 0 Å². The van der Waals surface area contributed by atoms with Crippen LogP contribution in [0.15, 0.2) is 164 Å². The lowest BCUT2D eigenvalue weighted by molar-refractivity contribution is 1.10. The van der Waals surface area contributed by atoms with Crippen molar-refractivity contribution in [3.05, 3.63) is 164 Å². The Morgan fingerprint density at radius 3 is 1.54 bits per heavy atom. The zero-order valence-electron chi connectivity index (χ0n) is 24.9. The van der Waals surface area contributed by atoms with E-state index in [2.05, 4.69) is 173 Å². The monoisotopic (exact) mass is 585 g/mol. The van der Waals surface area contributed by atoms with Crippen LogP contribution in [0.3, 0.4) is 0 Å². The van der Waals surface area contributed by atoms with E-state index in [1.165, 1.54) is 54.1 Å². The third-order valence-electron chi connectivity index (χ3n) is 9.49. The van der Waals surface area contributed by atoms with Gasteiger partial charge in [-0.25, -0.2) is 4.98 Å². The molecule has 214 valence electrons. The van der Waals surface area contributed by atoms with Gasteiger partial charge in [0.15, 0.2) is 0 Å². The summed E-state index contributed by atoms with van der Waals surface area (Å²) in [7, 11) is 0. The molecule has 0 aliphatic rings. The zero-order chi connectivity index (χ0) is 30.2. The second-order valence-electron chi connectivity index (χ2n) is 12.0. The molecule has 0 aliphatic carbocycles. The first-order valence-electron chi connectivity index (χ1n) is 15.7. The van der Waals surface area contributed by atoms with E-state index in [0.29, 0.717) is 0 Å². The van der Waals surface area contributed by atoms with E-state index >= 15 is 0 Å². The van der Waals surface area contributed by atoms with Crippen molar-refractivity contribution in [3.63, 3.8) is 0 Å². The minimum Gasteiger partial charge on any atom is -0.309 e.